The van der Waals surface area contributed by atoms with Gasteiger partial charge in [0.15, 0.2) is 5.96 Å². The number of β-amino-alcohol motifs (C(OH)–C–C–N with tert-alkyl or cyclic N) is 1. The molecule has 1 aromatic carbocycles. The predicted octanol–water partition coefficient (Wildman–Crippen LogP) is 1.21. The zero-order valence-electron chi connectivity index (χ0n) is 13.9. The first-order valence-corrected chi connectivity index (χ1v) is 8.37. The van der Waals surface area contributed by atoms with Crippen LogP contribution in [-0.4, -0.2) is 61.5 Å². The number of hydrogen-bond donors (Lipinski definition) is 3. The predicted molar refractivity (Wildman–Crippen MR) is 107 cm³/mol. The van der Waals surface area contributed by atoms with E-state index in [0.29, 0.717) is 19.0 Å². The van der Waals surface area contributed by atoms with Gasteiger partial charge in [-0.15, -0.1) is 24.0 Å². The first-order valence-electron chi connectivity index (χ1n) is 8.37. The Balaban J connectivity index is 0.00000208. The summed E-state index contributed by atoms with van der Waals surface area (Å²) >= 11 is 0. The smallest absolute Gasteiger partial charge is 0.193 e. The van der Waals surface area contributed by atoms with E-state index < -0.39 is 6.10 Å². The molecular weight excluding hydrogens is 419 g/mol. The Kier molecular flexibility index (Phi) is 7.73. The summed E-state index contributed by atoms with van der Waals surface area (Å²) in [6.07, 6.45) is 3.04. The molecule has 1 atom stereocenters. The molecule has 1 aliphatic heterocycles. The summed E-state index contributed by atoms with van der Waals surface area (Å²) < 4.78 is 5.30. The van der Waals surface area contributed by atoms with E-state index in [2.05, 4.69) is 27.3 Å². The lowest BCUT2D eigenvalue weighted by atomic mass is 10.1. The number of benzene rings is 1. The second-order valence-corrected chi connectivity index (χ2v) is 6.25. The minimum atomic E-state index is -0.506. The van der Waals surface area contributed by atoms with Crippen molar-refractivity contribution in [2.75, 3.05) is 44.7 Å². The number of nitrogens with zero attached hydrogens (tertiary/aromatic N) is 2. The van der Waals surface area contributed by atoms with Crippen LogP contribution in [0.25, 0.3) is 0 Å². The normalized spacial score (nSPS) is 19.5. The lowest BCUT2D eigenvalue weighted by Crippen LogP contribution is -2.42. The number of aliphatic hydroxyl groups is 1. The van der Waals surface area contributed by atoms with Crippen LogP contribution < -0.4 is 11.1 Å². The number of anilines is 1. The highest BCUT2D eigenvalue weighted by Crippen LogP contribution is 2.24. The number of aliphatic hydroxyl groups excluding tert-OH is 1. The lowest BCUT2D eigenvalue weighted by molar-refractivity contribution is 0.0165. The number of morpholine rings is 1. The van der Waals surface area contributed by atoms with Gasteiger partial charge in [0, 0.05) is 25.3 Å². The average Bonchev–Trinajstić information content (AvgIpc) is 3.01. The monoisotopic (exact) mass is 446 g/mol. The Morgan fingerprint density at radius 1 is 1.29 bits per heavy atom. The molecule has 1 fully saturated rings. The SMILES string of the molecule is I.NC(=NCC(O)CN1CCOCC1)Nc1ccc2c(c1)CCC2. The van der Waals surface area contributed by atoms with Crippen molar-refractivity contribution >= 4 is 35.6 Å². The van der Waals surface area contributed by atoms with E-state index in [9.17, 15) is 5.11 Å². The van der Waals surface area contributed by atoms with Crippen LogP contribution in [0.15, 0.2) is 23.2 Å². The molecular formula is C17H27IN4O2. The fourth-order valence-electron chi connectivity index (χ4n) is 3.18. The first kappa shape index (κ1) is 19.4. The van der Waals surface area contributed by atoms with Crippen LogP contribution >= 0.6 is 24.0 Å². The summed E-state index contributed by atoms with van der Waals surface area (Å²) in [5.41, 5.74) is 9.73. The third-order valence-electron chi connectivity index (χ3n) is 4.42. The Labute approximate surface area is 160 Å². The van der Waals surface area contributed by atoms with Gasteiger partial charge in [0.2, 0.25) is 0 Å². The summed E-state index contributed by atoms with van der Waals surface area (Å²) in [5, 5.41) is 13.2. The fourth-order valence-corrected chi connectivity index (χ4v) is 3.18. The number of guanidine groups is 1. The molecule has 0 spiro atoms. The summed E-state index contributed by atoms with van der Waals surface area (Å²) in [4.78, 5) is 6.44. The highest BCUT2D eigenvalue weighted by Gasteiger charge is 2.15. The van der Waals surface area contributed by atoms with Gasteiger partial charge in [0.05, 0.1) is 25.9 Å². The zero-order valence-corrected chi connectivity index (χ0v) is 16.2. The number of nitrogens with two attached hydrogens (primary N) is 1. The topological polar surface area (TPSA) is 83.1 Å². The van der Waals surface area contributed by atoms with Gasteiger partial charge in [-0.1, -0.05) is 6.07 Å². The lowest BCUT2D eigenvalue weighted by Gasteiger charge is -2.28. The van der Waals surface area contributed by atoms with Crippen molar-refractivity contribution < 1.29 is 9.84 Å². The number of nitrogens with one attached hydrogen (secondary N) is 1. The Morgan fingerprint density at radius 3 is 2.83 bits per heavy atom. The van der Waals surface area contributed by atoms with E-state index in [-0.39, 0.29) is 24.0 Å². The molecule has 7 heteroatoms. The Hall–Kier alpha value is -0.900. The summed E-state index contributed by atoms with van der Waals surface area (Å²) in [6, 6.07) is 6.34. The van der Waals surface area contributed by atoms with Crippen molar-refractivity contribution in [2.45, 2.75) is 25.4 Å². The summed E-state index contributed by atoms with van der Waals surface area (Å²) in [7, 11) is 0. The molecule has 4 N–H and O–H groups in total. The van der Waals surface area contributed by atoms with Crippen molar-refractivity contribution in [1.29, 1.82) is 0 Å². The first-order chi connectivity index (χ1) is 11.2. The number of hydrogen-bond acceptors (Lipinski definition) is 4. The summed E-state index contributed by atoms with van der Waals surface area (Å²) in [5.74, 6) is 0.351. The van der Waals surface area contributed by atoms with Crippen LogP contribution in [0.4, 0.5) is 5.69 Å². The van der Waals surface area contributed by atoms with Crippen LogP contribution in [0.5, 0.6) is 0 Å². The molecule has 3 rings (SSSR count). The maximum Gasteiger partial charge on any atom is 0.193 e. The van der Waals surface area contributed by atoms with E-state index in [4.69, 9.17) is 10.5 Å². The molecule has 24 heavy (non-hydrogen) atoms. The molecule has 134 valence electrons. The van der Waals surface area contributed by atoms with E-state index in [0.717, 1.165) is 38.4 Å². The van der Waals surface area contributed by atoms with Crippen molar-refractivity contribution in [3.63, 3.8) is 0 Å². The van der Waals surface area contributed by atoms with Crippen LogP contribution in [0.2, 0.25) is 0 Å². The second-order valence-electron chi connectivity index (χ2n) is 6.25. The molecule has 1 saturated heterocycles. The van der Waals surface area contributed by atoms with Crippen molar-refractivity contribution in [2.24, 2.45) is 10.7 Å². The van der Waals surface area contributed by atoms with Gasteiger partial charge in [-0.05, 0) is 42.5 Å². The molecule has 0 aromatic heterocycles. The Bertz CT molecular complexity index is 562. The number of rotatable bonds is 5. The molecule has 1 aromatic rings. The highest BCUT2D eigenvalue weighted by atomic mass is 127. The van der Waals surface area contributed by atoms with E-state index in [1.165, 1.54) is 24.0 Å². The molecule has 1 aliphatic carbocycles. The van der Waals surface area contributed by atoms with Gasteiger partial charge in [0.1, 0.15) is 0 Å². The average molecular weight is 446 g/mol. The molecule has 6 nitrogen and oxygen atoms in total. The third-order valence-corrected chi connectivity index (χ3v) is 4.42. The third kappa shape index (κ3) is 5.58. The molecule has 2 aliphatic rings. The van der Waals surface area contributed by atoms with Crippen LogP contribution in [0.1, 0.15) is 17.5 Å². The highest BCUT2D eigenvalue weighted by molar-refractivity contribution is 14.0. The minimum absolute atomic E-state index is 0. The van der Waals surface area contributed by atoms with E-state index in [1.807, 2.05) is 6.07 Å². The number of ether oxygens (including phenoxy) is 1. The van der Waals surface area contributed by atoms with Gasteiger partial charge >= 0.3 is 0 Å². The molecule has 1 heterocycles. The maximum absolute atomic E-state index is 10.1. The molecule has 1 unspecified atom stereocenters. The van der Waals surface area contributed by atoms with Crippen molar-refractivity contribution in [3.05, 3.63) is 29.3 Å². The van der Waals surface area contributed by atoms with Gasteiger partial charge in [-0.3, -0.25) is 9.89 Å². The maximum atomic E-state index is 10.1. The number of aliphatic imine (C=N–C) groups is 1. The largest absolute Gasteiger partial charge is 0.390 e. The molecule has 0 bridgehead atoms. The van der Waals surface area contributed by atoms with Crippen LogP contribution in [0.3, 0.4) is 0 Å². The second kappa shape index (κ2) is 9.55. The zero-order chi connectivity index (χ0) is 16.1. The summed E-state index contributed by atoms with van der Waals surface area (Å²) in [6.45, 7) is 4.11. The Morgan fingerprint density at radius 2 is 2.04 bits per heavy atom. The van der Waals surface area contributed by atoms with Gasteiger partial charge in [-0.2, -0.15) is 0 Å². The number of fused-ring (bicyclic) bond motifs is 1. The minimum Gasteiger partial charge on any atom is -0.390 e. The molecule has 0 radical (unpaired) electrons. The fraction of sp³-hybridized carbons (Fsp3) is 0.588. The standard InChI is InChI=1S/C17H26N4O2.HI/c18-17(19-11-16(22)12-21-6-8-23-9-7-21)20-15-5-4-13-2-1-3-14(13)10-15;/h4-5,10,16,22H,1-3,6-9,11-12H2,(H3,18,19,20);1H. The quantitative estimate of drug-likeness (QED) is 0.360. The van der Waals surface area contributed by atoms with Gasteiger partial charge in [-0.25, -0.2) is 0 Å². The van der Waals surface area contributed by atoms with Gasteiger partial charge in [0.25, 0.3) is 0 Å². The molecule has 0 saturated carbocycles. The number of aryl methyl sites for hydroxylation is 2. The number of halogens is 1. The molecule has 0 amide bonds. The van der Waals surface area contributed by atoms with Crippen molar-refractivity contribution in [3.8, 4) is 0 Å². The van der Waals surface area contributed by atoms with Crippen LogP contribution in [-0.2, 0) is 17.6 Å². The van der Waals surface area contributed by atoms with E-state index in [1.54, 1.807) is 0 Å². The van der Waals surface area contributed by atoms with Crippen LogP contribution in [0, 0.1) is 0 Å². The van der Waals surface area contributed by atoms with Crippen molar-refractivity contribution in [1.82, 2.24) is 4.90 Å². The van der Waals surface area contributed by atoms with Gasteiger partial charge < -0.3 is 20.9 Å². The van der Waals surface area contributed by atoms with E-state index >= 15 is 0 Å².